The fraction of sp³-hybridized carbons (Fsp3) is 0.143. The van der Waals surface area contributed by atoms with Crippen molar-refractivity contribution in [2.24, 2.45) is 0 Å². The lowest BCUT2D eigenvalue weighted by Gasteiger charge is -2.35. The minimum Gasteiger partial charge on any atom is -0.313 e. The fourth-order valence-electron chi connectivity index (χ4n) is 4.19. The van der Waals surface area contributed by atoms with E-state index in [9.17, 15) is 0 Å². The van der Waals surface area contributed by atoms with Gasteiger partial charge in [0, 0.05) is 16.0 Å². The molecule has 0 saturated carbocycles. The Hall–Kier alpha value is -2.46. The zero-order chi connectivity index (χ0) is 21.5. The zero-order valence-electron chi connectivity index (χ0n) is 17.8. The Morgan fingerprint density at radius 2 is 0.968 bits per heavy atom. The maximum atomic E-state index is 15.3. The lowest BCUT2D eigenvalue weighted by atomic mass is 10.4. The molecule has 3 heteroatoms. The predicted octanol–water partition coefficient (Wildman–Crippen LogP) is 6.26. The van der Waals surface area contributed by atoms with Crippen LogP contribution in [0.3, 0.4) is 0 Å². The molecule has 0 aromatic heterocycles. The Bertz CT molecular complexity index is 1030. The van der Waals surface area contributed by atoms with Crippen LogP contribution < -0.4 is 21.2 Å². The molecular formula is C28H28OP2. The van der Waals surface area contributed by atoms with Crippen LogP contribution in [0.25, 0.3) is 0 Å². The van der Waals surface area contributed by atoms with Crippen molar-refractivity contribution in [1.29, 1.82) is 0 Å². The monoisotopic (exact) mass is 442 g/mol. The van der Waals surface area contributed by atoms with Crippen LogP contribution in [0.2, 0.25) is 0 Å². The van der Waals surface area contributed by atoms with Crippen LogP contribution >= 0.6 is 15.1 Å². The lowest BCUT2D eigenvalue weighted by molar-refractivity contribution is 0.582. The molecular weight excluding hydrogens is 414 g/mol. The first-order valence-electron chi connectivity index (χ1n) is 10.9. The van der Waals surface area contributed by atoms with Gasteiger partial charge in [0.1, 0.15) is 0 Å². The number of hydrogen-bond acceptors (Lipinski definition) is 1. The summed E-state index contributed by atoms with van der Waals surface area (Å²) in [6.45, 7) is 2.21. The van der Waals surface area contributed by atoms with E-state index in [4.69, 9.17) is 0 Å². The van der Waals surface area contributed by atoms with Gasteiger partial charge in [-0.1, -0.05) is 135 Å². The van der Waals surface area contributed by atoms with Crippen LogP contribution in [-0.4, -0.2) is 5.40 Å². The molecule has 1 nitrogen and oxygen atoms in total. The summed E-state index contributed by atoms with van der Waals surface area (Å²) in [5, 5.41) is 4.52. The smallest absolute Gasteiger partial charge is 0.150 e. The van der Waals surface area contributed by atoms with E-state index >= 15 is 4.57 Å². The summed E-state index contributed by atoms with van der Waals surface area (Å²) in [6.07, 6.45) is 1.91. The van der Waals surface area contributed by atoms with Gasteiger partial charge < -0.3 is 4.57 Å². The number of benzene rings is 4. The highest BCUT2D eigenvalue weighted by Gasteiger charge is 2.41. The zero-order valence-corrected chi connectivity index (χ0v) is 19.6. The van der Waals surface area contributed by atoms with Crippen molar-refractivity contribution >= 4 is 36.3 Å². The van der Waals surface area contributed by atoms with Gasteiger partial charge in [0.05, 0.1) is 0 Å². The molecule has 0 aliphatic rings. The van der Waals surface area contributed by atoms with Crippen LogP contribution in [0.1, 0.15) is 19.8 Å². The molecule has 4 aromatic rings. The average molecular weight is 442 g/mol. The maximum absolute atomic E-state index is 15.3. The van der Waals surface area contributed by atoms with Crippen molar-refractivity contribution in [1.82, 2.24) is 0 Å². The van der Waals surface area contributed by atoms with E-state index in [0.29, 0.717) is 0 Å². The predicted molar refractivity (Wildman–Crippen MR) is 138 cm³/mol. The molecule has 31 heavy (non-hydrogen) atoms. The third-order valence-electron chi connectivity index (χ3n) is 5.61. The normalized spacial score (nSPS) is 12.6. The van der Waals surface area contributed by atoms with Gasteiger partial charge in [0.15, 0.2) is 7.14 Å². The van der Waals surface area contributed by atoms with Gasteiger partial charge >= 0.3 is 0 Å². The molecule has 0 bridgehead atoms. The van der Waals surface area contributed by atoms with E-state index in [1.807, 2.05) is 36.4 Å². The van der Waals surface area contributed by atoms with Gasteiger partial charge in [-0.15, -0.1) is 0 Å². The molecule has 0 N–H and O–H groups in total. The van der Waals surface area contributed by atoms with Gasteiger partial charge in [0.25, 0.3) is 0 Å². The molecule has 0 amide bonds. The van der Waals surface area contributed by atoms with Crippen LogP contribution in [-0.2, 0) is 4.57 Å². The number of hydrogen-bond donors (Lipinski definition) is 0. The first kappa shape index (κ1) is 21.8. The van der Waals surface area contributed by atoms with Crippen LogP contribution in [0, 0.1) is 0 Å². The van der Waals surface area contributed by atoms with Gasteiger partial charge in [-0.2, -0.15) is 0 Å². The highest BCUT2D eigenvalue weighted by atomic mass is 31.2. The van der Waals surface area contributed by atoms with E-state index in [1.54, 1.807) is 0 Å². The highest BCUT2D eigenvalue weighted by Crippen LogP contribution is 2.63. The third kappa shape index (κ3) is 4.59. The van der Waals surface area contributed by atoms with Crippen molar-refractivity contribution in [3.8, 4) is 0 Å². The second-order valence-corrected chi connectivity index (χ2v) is 13.4. The molecule has 0 aliphatic heterocycles. The van der Waals surface area contributed by atoms with E-state index < -0.39 is 15.1 Å². The second-order valence-electron chi connectivity index (χ2n) is 7.64. The molecule has 1 unspecified atom stereocenters. The fourth-order valence-corrected chi connectivity index (χ4v) is 12.4. The highest BCUT2D eigenvalue weighted by molar-refractivity contribution is 7.92. The number of rotatable bonds is 8. The van der Waals surface area contributed by atoms with E-state index in [2.05, 4.69) is 91.9 Å². The Balaban J connectivity index is 1.98. The van der Waals surface area contributed by atoms with E-state index in [1.165, 1.54) is 10.6 Å². The molecule has 156 valence electrons. The molecule has 4 aromatic carbocycles. The topological polar surface area (TPSA) is 17.1 Å². The molecule has 0 saturated heterocycles. The molecule has 0 spiro atoms. The third-order valence-corrected chi connectivity index (χ3v) is 13.1. The van der Waals surface area contributed by atoms with Gasteiger partial charge in [0.2, 0.25) is 0 Å². The standard InChI is InChI=1S/C28H28OP2/c1-2-15-28(30(24-16-7-3-8-17-24)25-18-9-4-10-19-25)31(29,26-20-11-5-12-21-26)27-22-13-6-14-23-27/h3-14,16-23,28H,2,15H2,1H3. The lowest BCUT2D eigenvalue weighted by Crippen LogP contribution is -2.30. The molecule has 0 aliphatic carbocycles. The molecule has 0 radical (unpaired) electrons. The first-order chi connectivity index (χ1) is 15.2. The minimum absolute atomic E-state index is 0.0297. The van der Waals surface area contributed by atoms with Gasteiger partial charge in [-0.3, -0.25) is 0 Å². The van der Waals surface area contributed by atoms with Crippen molar-refractivity contribution in [3.63, 3.8) is 0 Å². The summed E-state index contributed by atoms with van der Waals surface area (Å²) in [4.78, 5) is 0. The van der Waals surface area contributed by atoms with Crippen LogP contribution in [0.5, 0.6) is 0 Å². The van der Waals surface area contributed by atoms with E-state index in [0.717, 1.165) is 23.5 Å². The Morgan fingerprint density at radius 3 is 1.32 bits per heavy atom. The van der Waals surface area contributed by atoms with Crippen molar-refractivity contribution in [2.75, 3.05) is 0 Å². The summed E-state index contributed by atoms with van der Waals surface area (Å²) in [6, 6.07) is 41.7. The maximum Gasteiger partial charge on any atom is 0.150 e. The Morgan fingerprint density at radius 1 is 0.613 bits per heavy atom. The summed E-state index contributed by atoms with van der Waals surface area (Å²) in [5.41, 5.74) is 0. The molecule has 0 heterocycles. The molecule has 1 atom stereocenters. The van der Waals surface area contributed by atoms with E-state index in [-0.39, 0.29) is 5.40 Å². The summed E-state index contributed by atoms with van der Waals surface area (Å²) >= 11 is 0. The molecule has 4 rings (SSSR count). The summed E-state index contributed by atoms with van der Waals surface area (Å²) in [7, 11) is -3.73. The second kappa shape index (κ2) is 10.2. The van der Waals surface area contributed by atoms with Crippen molar-refractivity contribution < 1.29 is 4.57 Å². The van der Waals surface area contributed by atoms with Crippen LogP contribution in [0.15, 0.2) is 121 Å². The Kier molecular flexibility index (Phi) is 7.18. The van der Waals surface area contributed by atoms with Gasteiger partial charge in [-0.25, -0.2) is 0 Å². The van der Waals surface area contributed by atoms with Gasteiger partial charge in [-0.05, 0) is 25.0 Å². The van der Waals surface area contributed by atoms with Crippen LogP contribution in [0.4, 0.5) is 0 Å². The minimum atomic E-state index is -2.91. The quantitative estimate of drug-likeness (QED) is 0.295. The summed E-state index contributed by atoms with van der Waals surface area (Å²) < 4.78 is 15.3. The Labute approximate surface area is 187 Å². The van der Waals surface area contributed by atoms with Crippen molar-refractivity contribution in [3.05, 3.63) is 121 Å². The average Bonchev–Trinajstić information content (AvgIpc) is 2.86. The van der Waals surface area contributed by atoms with Crippen molar-refractivity contribution in [2.45, 2.75) is 25.2 Å². The first-order valence-corrected chi connectivity index (χ1v) is 14.0. The largest absolute Gasteiger partial charge is 0.313 e. The molecule has 0 fully saturated rings. The SMILES string of the molecule is CCCC(P(c1ccccc1)c1ccccc1)P(=O)(c1ccccc1)c1ccccc1. The summed E-state index contributed by atoms with van der Waals surface area (Å²) in [5.74, 6) is 0.